The van der Waals surface area contributed by atoms with E-state index in [0.29, 0.717) is 0 Å². The lowest BCUT2D eigenvalue weighted by molar-refractivity contribution is 0.277. The van der Waals surface area contributed by atoms with Crippen LogP contribution < -0.4 is 0 Å². The number of nitrogens with zero attached hydrogens (tertiary/aromatic N) is 1. The lowest BCUT2D eigenvalue weighted by Crippen LogP contribution is -2.26. The summed E-state index contributed by atoms with van der Waals surface area (Å²) in [6.07, 6.45) is 2.60. The maximum Gasteiger partial charge on any atom is 0.0264 e. The first kappa shape index (κ1) is 10.3. The van der Waals surface area contributed by atoms with Crippen molar-refractivity contribution in [2.45, 2.75) is 26.7 Å². The van der Waals surface area contributed by atoms with E-state index < -0.39 is 0 Å². The Balaban J connectivity index is 2.18. The van der Waals surface area contributed by atoms with Crippen LogP contribution in [0.4, 0.5) is 0 Å². The Morgan fingerprint density at radius 2 is 2.33 bits per heavy atom. The fraction of sp³-hybridized carbons (Fsp3) is 1.00. The lowest BCUT2D eigenvalue weighted by Gasteiger charge is -2.19. The molecule has 72 valence electrons. The number of alkyl halides is 1. The van der Waals surface area contributed by atoms with Crippen LogP contribution in [-0.4, -0.2) is 30.4 Å². The van der Waals surface area contributed by atoms with Gasteiger partial charge in [0.25, 0.3) is 0 Å². The predicted molar refractivity (Wildman–Crippen MR) is 54.7 cm³/mol. The van der Waals surface area contributed by atoms with Gasteiger partial charge in [-0.3, -0.25) is 0 Å². The third-order valence-electron chi connectivity index (χ3n) is 2.85. The van der Waals surface area contributed by atoms with Crippen LogP contribution in [0.15, 0.2) is 0 Å². The van der Waals surface area contributed by atoms with Gasteiger partial charge < -0.3 is 4.90 Å². The molecule has 2 atom stereocenters. The van der Waals surface area contributed by atoms with Gasteiger partial charge in [0.15, 0.2) is 0 Å². The largest absolute Gasteiger partial charge is 0.303 e. The van der Waals surface area contributed by atoms with Gasteiger partial charge in [0.1, 0.15) is 0 Å². The van der Waals surface area contributed by atoms with Crippen molar-refractivity contribution in [1.29, 1.82) is 0 Å². The molecule has 0 spiro atoms. The van der Waals surface area contributed by atoms with Gasteiger partial charge in [0.2, 0.25) is 0 Å². The smallest absolute Gasteiger partial charge is 0.0264 e. The molecule has 0 bridgehead atoms. The predicted octanol–water partition coefficient (Wildman–Crippen LogP) is 2.59. The van der Waals surface area contributed by atoms with Gasteiger partial charge in [-0.2, -0.15) is 0 Å². The second-order valence-electron chi connectivity index (χ2n) is 4.08. The van der Waals surface area contributed by atoms with Crippen LogP contribution in [0, 0.1) is 11.8 Å². The summed E-state index contributed by atoms with van der Waals surface area (Å²) in [7, 11) is 0. The Bertz CT molecular complexity index is 127. The SMILES string of the molecule is CCC(C)CN1CCC(CCl)C1. The van der Waals surface area contributed by atoms with Gasteiger partial charge in [-0.15, -0.1) is 11.6 Å². The van der Waals surface area contributed by atoms with Gasteiger partial charge in [-0.05, 0) is 24.8 Å². The summed E-state index contributed by atoms with van der Waals surface area (Å²) in [4.78, 5) is 2.56. The third kappa shape index (κ3) is 2.95. The summed E-state index contributed by atoms with van der Waals surface area (Å²) < 4.78 is 0. The molecule has 12 heavy (non-hydrogen) atoms. The Morgan fingerprint density at radius 3 is 2.83 bits per heavy atom. The molecule has 0 aliphatic carbocycles. The molecule has 1 rings (SSSR count). The lowest BCUT2D eigenvalue weighted by atomic mass is 10.1. The van der Waals surface area contributed by atoms with Crippen molar-refractivity contribution < 1.29 is 0 Å². The highest BCUT2D eigenvalue weighted by molar-refractivity contribution is 6.18. The molecule has 0 aromatic heterocycles. The Kier molecular flexibility index (Phi) is 4.38. The number of hydrogen-bond donors (Lipinski definition) is 0. The maximum absolute atomic E-state index is 5.82. The molecular weight excluding hydrogens is 170 g/mol. The zero-order valence-electron chi connectivity index (χ0n) is 8.22. The third-order valence-corrected chi connectivity index (χ3v) is 3.29. The molecule has 0 amide bonds. The fourth-order valence-corrected chi connectivity index (χ4v) is 2.03. The molecule has 0 N–H and O–H groups in total. The van der Waals surface area contributed by atoms with Crippen LogP contribution in [0.2, 0.25) is 0 Å². The standard InChI is InChI=1S/C10H20ClN/c1-3-9(2)7-12-5-4-10(6-11)8-12/h9-10H,3-8H2,1-2H3. The summed E-state index contributed by atoms with van der Waals surface area (Å²) >= 11 is 5.82. The zero-order chi connectivity index (χ0) is 8.97. The quantitative estimate of drug-likeness (QED) is 0.615. The van der Waals surface area contributed by atoms with E-state index in [1.165, 1.54) is 32.5 Å². The van der Waals surface area contributed by atoms with E-state index in [1.54, 1.807) is 0 Å². The van der Waals surface area contributed by atoms with E-state index in [9.17, 15) is 0 Å². The average Bonchev–Trinajstić information content (AvgIpc) is 2.52. The molecule has 1 fully saturated rings. The van der Waals surface area contributed by atoms with Crippen LogP contribution in [0.1, 0.15) is 26.7 Å². The van der Waals surface area contributed by atoms with E-state index in [4.69, 9.17) is 11.6 Å². The first-order chi connectivity index (χ1) is 5.76. The first-order valence-electron chi connectivity index (χ1n) is 5.04. The Hall–Kier alpha value is 0.250. The van der Waals surface area contributed by atoms with Crippen LogP contribution in [0.5, 0.6) is 0 Å². The van der Waals surface area contributed by atoms with E-state index in [0.717, 1.165) is 17.7 Å². The van der Waals surface area contributed by atoms with E-state index in [-0.39, 0.29) is 0 Å². The number of likely N-dealkylation sites (tertiary alicyclic amines) is 1. The molecule has 1 saturated heterocycles. The van der Waals surface area contributed by atoms with Gasteiger partial charge in [0, 0.05) is 19.0 Å². The van der Waals surface area contributed by atoms with Crippen LogP contribution in [0.3, 0.4) is 0 Å². The van der Waals surface area contributed by atoms with E-state index in [2.05, 4.69) is 18.7 Å². The minimum Gasteiger partial charge on any atom is -0.303 e. The van der Waals surface area contributed by atoms with Crippen molar-refractivity contribution >= 4 is 11.6 Å². The maximum atomic E-state index is 5.82. The summed E-state index contributed by atoms with van der Waals surface area (Å²) in [6, 6.07) is 0. The molecule has 0 saturated carbocycles. The fourth-order valence-electron chi connectivity index (χ4n) is 1.77. The van der Waals surface area contributed by atoms with Gasteiger partial charge in [0.05, 0.1) is 0 Å². The minimum absolute atomic E-state index is 0.760. The Morgan fingerprint density at radius 1 is 1.58 bits per heavy atom. The molecule has 1 aliphatic heterocycles. The number of halogens is 1. The summed E-state index contributed by atoms with van der Waals surface area (Å²) in [5.74, 6) is 2.45. The summed E-state index contributed by atoms with van der Waals surface area (Å²) in [5.41, 5.74) is 0. The van der Waals surface area contributed by atoms with Gasteiger partial charge in [-0.1, -0.05) is 20.3 Å². The highest BCUT2D eigenvalue weighted by Gasteiger charge is 2.21. The van der Waals surface area contributed by atoms with Crippen molar-refractivity contribution in [3.8, 4) is 0 Å². The molecule has 1 heterocycles. The second kappa shape index (κ2) is 5.08. The minimum atomic E-state index is 0.760. The molecule has 1 nitrogen and oxygen atoms in total. The molecule has 0 aromatic rings. The average molecular weight is 190 g/mol. The normalized spacial score (nSPS) is 27.8. The molecule has 2 unspecified atom stereocenters. The Labute approximate surface area is 81.1 Å². The van der Waals surface area contributed by atoms with Crippen molar-refractivity contribution in [1.82, 2.24) is 4.90 Å². The van der Waals surface area contributed by atoms with Gasteiger partial charge >= 0.3 is 0 Å². The van der Waals surface area contributed by atoms with Gasteiger partial charge in [-0.25, -0.2) is 0 Å². The van der Waals surface area contributed by atoms with E-state index >= 15 is 0 Å². The van der Waals surface area contributed by atoms with Crippen LogP contribution in [0.25, 0.3) is 0 Å². The molecule has 0 aromatic carbocycles. The van der Waals surface area contributed by atoms with Crippen molar-refractivity contribution in [3.63, 3.8) is 0 Å². The highest BCUT2D eigenvalue weighted by Crippen LogP contribution is 2.18. The monoisotopic (exact) mass is 189 g/mol. The highest BCUT2D eigenvalue weighted by atomic mass is 35.5. The molecular formula is C10H20ClN. The second-order valence-corrected chi connectivity index (χ2v) is 4.39. The molecule has 2 heteroatoms. The van der Waals surface area contributed by atoms with Crippen molar-refractivity contribution in [2.24, 2.45) is 11.8 Å². The first-order valence-corrected chi connectivity index (χ1v) is 5.58. The summed E-state index contributed by atoms with van der Waals surface area (Å²) in [5, 5.41) is 0. The molecule has 1 aliphatic rings. The van der Waals surface area contributed by atoms with Crippen molar-refractivity contribution in [2.75, 3.05) is 25.5 Å². The van der Waals surface area contributed by atoms with Crippen molar-refractivity contribution in [3.05, 3.63) is 0 Å². The van der Waals surface area contributed by atoms with Crippen LogP contribution >= 0.6 is 11.6 Å². The summed E-state index contributed by atoms with van der Waals surface area (Å²) in [6.45, 7) is 8.35. The van der Waals surface area contributed by atoms with E-state index in [1.807, 2.05) is 0 Å². The topological polar surface area (TPSA) is 3.24 Å². The zero-order valence-corrected chi connectivity index (χ0v) is 8.98. The number of hydrogen-bond acceptors (Lipinski definition) is 1. The molecule has 0 radical (unpaired) electrons. The van der Waals surface area contributed by atoms with Crippen LogP contribution in [-0.2, 0) is 0 Å². The number of rotatable bonds is 4.